The van der Waals surface area contributed by atoms with Crippen LogP contribution in [-0.4, -0.2) is 29.2 Å². The molecule has 0 spiro atoms. The van der Waals surface area contributed by atoms with Gasteiger partial charge >= 0.3 is 0 Å². The van der Waals surface area contributed by atoms with Crippen LogP contribution >= 0.6 is 11.3 Å². The lowest BCUT2D eigenvalue weighted by molar-refractivity contribution is -0.395. The Labute approximate surface area is 178 Å². The van der Waals surface area contributed by atoms with Crippen LogP contribution in [0.5, 0.6) is 0 Å². The van der Waals surface area contributed by atoms with Crippen molar-refractivity contribution in [2.24, 2.45) is 0 Å². The topological polar surface area (TPSA) is 174 Å². The van der Waals surface area contributed by atoms with Crippen molar-refractivity contribution >= 4 is 49.5 Å². The molecule has 0 saturated carbocycles. The van der Waals surface area contributed by atoms with Gasteiger partial charge < -0.3 is 5.32 Å². The number of nitro groups is 2. The summed E-state index contributed by atoms with van der Waals surface area (Å²) in [6.45, 7) is 1.22. The lowest BCUT2D eigenvalue weighted by atomic mass is 10.1. The van der Waals surface area contributed by atoms with Gasteiger partial charge in [0.05, 0.1) is 20.3 Å². The van der Waals surface area contributed by atoms with Crippen LogP contribution in [0.2, 0.25) is 0 Å². The van der Waals surface area contributed by atoms with Gasteiger partial charge in [0.25, 0.3) is 27.3 Å². The molecule has 0 aliphatic carbocycles. The molecule has 0 aliphatic rings. The molecule has 0 aliphatic heterocycles. The summed E-state index contributed by atoms with van der Waals surface area (Å²) in [7, 11) is -3.88. The number of sulfonamides is 1. The molecule has 0 radical (unpaired) electrons. The molecule has 0 bridgehead atoms. The molecule has 14 heteroatoms. The largest absolute Gasteiger partial charge is 0.322 e. The normalized spacial score (nSPS) is 11.0. The lowest BCUT2D eigenvalue weighted by Gasteiger charge is -2.09. The number of carbonyl (C=O) groups is 1. The molecule has 3 rings (SSSR count). The van der Waals surface area contributed by atoms with Gasteiger partial charge in [-0.1, -0.05) is 0 Å². The van der Waals surface area contributed by atoms with Gasteiger partial charge in [-0.3, -0.25) is 29.7 Å². The first-order valence-electron chi connectivity index (χ1n) is 8.35. The monoisotopic (exact) mass is 463 g/mol. The van der Waals surface area contributed by atoms with E-state index in [1.165, 1.54) is 37.4 Å². The summed E-state index contributed by atoms with van der Waals surface area (Å²) < 4.78 is 27.0. The highest BCUT2D eigenvalue weighted by molar-refractivity contribution is 7.93. The number of thiazole rings is 1. The zero-order chi connectivity index (χ0) is 22.8. The molecule has 1 amide bonds. The second kappa shape index (κ2) is 8.45. The first-order chi connectivity index (χ1) is 14.6. The summed E-state index contributed by atoms with van der Waals surface area (Å²) in [6, 6.07) is 6.98. The first kappa shape index (κ1) is 21.8. The fourth-order valence-electron chi connectivity index (χ4n) is 2.56. The fraction of sp³-hybridized carbons (Fsp3) is 0.0588. The maximum Gasteiger partial charge on any atom is 0.279 e. The van der Waals surface area contributed by atoms with Crippen LogP contribution in [0.4, 0.5) is 22.2 Å². The fourth-order valence-corrected chi connectivity index (χ4v) is 4.35. The van der Waals surface area contributed by atoms with E-state index in [-0.39, 0.29) is 26.8 Å². The molecule has 1 aromatic heterocycles. The van der Waals surface area contributed by atoms with Crippen molar-refractivity contribution < 1.29 is 23.1 Å². The van der Waals surface area contributed by atoms with Gasteiger partial charge in [-0.2, -0.15) is 0 Å². The third-order valence-electron chi connectivity index (χ3n) is 4.08. The van der Waals surface area contributed by atoms with Gasteiger partial charge in [-0.15, -0.1) is 11.3 Å². The highest BCUT2D eigenvalue weighted by atomic mass is 32.2. The van der Waals surface area contributed by atoms with Crippen LogP contribution in [0.3, 0.4) is 0 Å². The third kappa shape index (κ3) is 4.81. The molecular formula is C17H13N5O7S2. The number of hydrogen-bond donors (Lipinski definition) is 2. The van der Waals surface area contributed by atoms with Crippen LogP contribution in [-0.2, 0) is 10.0 Å². The number of anilines is 2. The van der Waals surface area contributed by atoms with Gasteiger partial charge in [0, 0.05) is 29.4 Å². The Bertz CT molecular complexity index is 1240. The average Bonchev–Trinajstić information content (AvgIpc) is 3.20. The van der Waals surface area contributed by atoms with E-state index in [1.54, 1.807) is 5.38 Å². The minimum absolute atomic E-state index is 0.0812. The number of hydrogen-bond acceptors (Lipinski definition) is 9. The Kier molecular flexibility index (Phi) is 5.94. The maximum absolute atomic E-state index is 12.5. The number of nitrogens with zero attached hydrogens (tertiary/aromatic N) is 3. The molecule has 160 valence electrons. The molecule has 12 nitrogen and oxygen atoms in total. The summed E-state index contributed by atoms with van der Waals surface area (Å²) >= 11 is 1.11. The Morgan fingerprint density at radius 3 is 2.13 bits per heavy atom. The minimum Gasteiger partial charge on any atom is -0.322 e. The molecule has 2 aromatic carbocycles. The Hall–Kier alpha value is -3.91. The second-order valence-corrected chi connectivity index (χ2v) is 8.65. The van der Waals surface area contributed by atoms with Crippen LogP contribution in [0.15, 0.2) is 52.9 Å². The van der Waals surface area contributed by atoms with Gasteiger partial charge in [0.1, 0.15) is 5.56 Å². The highest BCUT2D eigenvalue weighted by Gasteiger charge is 2.25. The molecule has 0 atom stereocenters. The van der Waals surface area contributed by atoms with E-state index in [2.05, 4.69) is 15.0 Å². The van der Waals surface area contributed by atoms with Crippen molar-refractivity contribution in [1.82, 2.24) is 4.98 Å². The predicted molar refractivity (Wildman–Crippen MR) is 112 cm³/mol. The van der Waals surface area contributed by atoms with E-state index >= 15 is 0 Å². The third-order valence-corrected chi connectivity index (χ3v) is 6.26. The molecule has 0 unspecified atom stereocenters. The molecule has 0 saturated heterocycles. The molecule has 31 heavy (non-hydrogen) atoms. The molecule has 2 N–H and O–H groups in total. The highest BCUT2D eigenvalue weighted by Crippen LogP contribution is 2.30. The number of nitro benzene ring substituents is 2. The Balaban J connectivity index is 1.83. The van der Waals surface area contributed by atoms with Crippen LogP contribution in [0.25, 0.3) is 0 Å². The van der Waals surface area contributed by atoms with Crippen molar-refractivity contribution in [2.75, 3.05) is 10.0 Å². The zero-order valence-electron chi connectivity index (χ0n) is 15.6. The van der Waals surface area contributed by atoms with Crippen molar-refractivity contribution in [3.05, 3.63) is 79.3 Å². The number of aromatic nitrogens is 1. The standard InChI is InChI=1S/C17H13N5O7S2/c1-10-14(21(24)25)8-11(9-15(10)22(26)27)16(23)19-12-2-4-13(5-3-12)31(28,29)20-17-18-6-7-30-17/h2-9H,1H3,(H,18,20)(H,19,23). The number of benzene rings is 2. The average molecular weight is 463 g/mol. The van der Waals surface area contributed by atoms with Gasteiger partial charge in [-0.25, -0.2) is 13.4 Å². The summed E-state index contributed by atoms with van der Waals surface area (Å²) in [4.78, 5) is 36.9. The Morgan fingerprint density at radius 2 is 1.65 bits per heavy atom. The zero-order valence-corrected chi connectivity index (χ0v) is 17.3. The van der Waals surface area contributed by atoms with Crippen molar-refractivity contribution in [2.45, 2.75) is 11.8 Å². The van der Waals surface area contributed by atoms with Gasteiger partial charge in [0.2, 0.25) is 0 Å². The van der Waals surface area contributed by atoms with Crippen LogP contribution < -0.4 is 10.0 Å². The summed E-state index contributed by atoms with van der Waals surface area (Å²) in [5.41, 5.74) is -1.40. The van der Waals surface area contributed by atoms with Crippen molar-refractivity contribution in [1.29, 1.82) is 0 Å². The lowest BCUT2D eigenvalue weighted by Crippen LogP contribution is -2.14. The molecular weight excluding hydrogens is 450 g/mol. The quantitative estimate of drug-likeness (QED) is 0.396. The minimum atomic E-state index is -3.88. The predicted octanol–water partition coefficient (Wildman–Crippen LogP) is 3.32. The number of amides is 1. The van der Waals surface area contributed by atoms with Crippen molar-refractivity contribution in [3.8, 4) is 0 Å². The number of carbonyl (C=O) groups excluding carboxylic acids is 1. The van der Waals surface area contributed by atoms with Gasteiger partial charge in [-0.05, 0) is 31.2 Å². The summed E-state index contributed by atoms with van der Waals surface area (Å²) in [5.74, 6) is -0.831. The van der Waals surface area contributed by atoms with Crippen LogP contribution in [0.1, 0.15) is 15.9 Å². The molecule has 0 fully saturated rings. The molecule has 3 aromatic rings. The maximum atomic E-state index is 12.5. The van der Waals surface area contributed by atoms with Crippen molar-refractivity contribution in [3.63, 3.8) is 0 Å². The van der Waals surface area contributed by atoms with E-state index in [4.69, 9.17) is 0 Å². The van der Waals surface area contributed by atoms with Gasteiger partial charge in [0.15, 0.2) is 5.13 Å². The molecule has 1 heterocycles. The van der Waals surface area contributed by atoms with E-state index < -0.39 is 37.2 Å². The van der Waals surface area contributed by atoms with E-state index in [1.807, 2.05) is 0 Å². The Morgan fingerprint density at radius 1 is 1.06 bits per heavy atom. The smallest absolute Gasteiger partial charge is 0.279 e. The number of rotatable bonds is 7. The number of nitrogens with one attached hydrogen (secondary N) is 2. The summed E-state index contributed by atoms with van der Waals surface area (Å²) in [5, 5.41) is 26.5. The second-order valence-electron chi connectivity index (χ2n) is 6.07. The first-order valence-corrected chi connectivity index (χ1v) is 10.7. The van der Waals surface area contributed by atoms with E-state index in [0.29, 0.717) is 0 Å². The van der Waals surface area contributed by atoms with Crippen LogP contribution in [0, 0.1) is 27.2 Å². The van der Waals surface area contributed by atoms with E-state index in [0.717, 1.165) is 23.5 Å². The SMILES string of the molecule is Cc1c([N+](=O)[O-])cc(C(=O)Nc2ccc(S(=O)(=O)Nc3nccs3)cc2)cc1[N+](=O)[O-]. The summed E-state index contributed by atoms with van der Waals surface area (Å²) in [6.07, 6.45) is 1.45. The van der Waals surface area contributed by atoms with E-state index in [9.17, 15) is 33.4 Å².